The molecule has 1 saturated heterocycles. The van der Waals surface area contributed by atoms with Crippen molar-refractivity contribution in [2.75, 3.05) is 13.2 Å². The van der Waals surface area contributed by atoms with Crippen LogP contribution in [0.15, 0.2) is 0 Å². The lowest BCUT2D eigenvalue weighted by Gasteiger charge is -2.35. The molecule has 1 heterocycles. The number of nitrogens with one attached hydrogen (secondary N) is 1. The zero-order valence-corrected chi connectivity index (χ0v) is 10.3. The molecule has 84 valence electrons. The zero-order valence-electron chi connectivity index (χ0n) is 10.3. The molecule has 1 N–H and O–H groups in total. The van der Waals surface area contributed by atoms with Crippen molar-refractivity contribution >= 4 is 0 Å². The van der Waals surface area contributed by atoms with Crippen LogP contribution in [-0.4, -0.2) is 24.8 Å². The summed E-state index contributed by atoms with van der Waals surface area (Å²) in [6.07, 6.45) is 2.35. The third kappa shape index (κ3) is 4.43. The molecular formula is C12H25NO. The van der Waals surface area contributed by atoms with Gasteiger partial charge in [-0.2, -0.15) is 0 Å². The van der Waals surface area contributed by atoms with Crippen LogP contribution < -0.4 is 5.32 Å². The number of hydrogen-bond acceptors (Lipinski definition) is 2. The smallest absolute Gasteiger partial charge is 0.0620 e. The van der Waals surface area contributed by atoms with Crippen molar-refractivity contribution < 1.29 is 4.74 Å². The highest BCUT2D eigenvalue weighted by Crippen LogP contribution is 2.27. The topological polar surface area (TPSA) is 21.3 Å². The Balaban J connectivity index is 2.40. The van der Waals surface area contributed by atoms with Crippen molar-refractivity contribution in [3.05, 3.63) is 0 Å². The molecule has 2 nitrogen and oxygen atoms in total. The first kappa shape index (κ1) is 12.0. The van der Waals surface area contributed by atoms with E-state index in [-0.39, 0.29) is 5.54 Å². The predicted molar refractivity (Wildman–Crippen MR) is 60.5 cm³/mol. The van der Waals surface area contributed by atoms with Gasteiger partial charge in [0.15, 0.2) is 0 Å². The van der Waals surface area contributed by atoms with Gasteiger partial charge in [0.2, 0.25) is 0 Å². The van der Waals surface area contributed by atoms with Gasteiger partial charge < -0.3 is 10.1 Å². The molecule has 2 heteroatoms. The fourth-order valence-electron chi connectivity index (χ4n) is 2.58. The van der Waals surface area contributed by atoms with E-state index in [1.54, 1.807) is 0 Å². The third-order valence-corrected chi connectivity index (χ3v) is 2.50. The number of ether oxygens (including phenoxy) is 1. The molecule has 1 atom stereocenters. The predicted octanol–water partition coefficient (Wildman–Crippen LogP) is 2.58. The fraction of sp³-hybridized carbons (Fsp3) is 1.00. The van der Waals surface area contributed by atoms with E-state index in [2.05, 4.69) is 39.9 Å². The van der Waals surface area contributed by atoms with Crippen LogP contribution in [-0.2, 0) is 4.74 Å². The summed E-state index contributed by atoms with van der Waals surface area (Å²) in [6, 6.07) is 0.562. The molecule has 0 spiro atoms. The highest BCUT2D eigenvalue weighted by molar-refractivity contribution is 4.87. The number of rotatable bonds is 3. The molecule has 1 unspecified atom stereocenters. The minimum Gasteiger partial charge on any atom is -0.380 e. The lowest BCUT2D eigenvalue weighted by Crippen LogP contribution is -2.48. The Hall–Kier alpha value is -0.0800. The summed E-state index contributed by atoms with van der Waals surface area (Å²) < 4.78 is 5.37. The van der Waals surface area contributed by atoms with Gasteiger partial charge in [0.1, 0.15) is 0 Å². The van der Waals surface area contributed by atoms with Crippen molar-refractivity contribution in [1.29, 1.82) is 0 Å². The Morgan fingerprint density at radius 3 is 2.29 bits per heavy atom. The molecular weight excluding hydrogens is 174 g/mol. The maximum absolute atomic E-state index is 5.37. The van der Waals surface area contributed by atoms with Gasteiger partial charge in [0.05, 0.1) is 6.61 Å². The Labute approximate surface area is 88.4 Å². The Bertz CT molecular complexity index is 175. The van der Waals surface area contributed by atoms with Crippen LogP contribution in [0.3, 0.4) is 0 Å². The molecule has 1 aliphatic heterocycles. The molecule has 0 aromatic rings. The summed E-state index contributed by atoms with van der Waals surface area (Å²) in [6.45, 7) is 13.3. The van der Waals surface area contributed by atoms with Crippen LogP contribution in [0.1, 0.15) is 47.5 Å². The molecule has 0 aliphatic carbocycles. The van der Waals surface area contributed by atoms with Gasteiger partial charge in [-0.25, -0.2) is 0 Å². The van der Waals surface area contributed by atoms with Crippen LogP contribution in [0.25, 0.3) is 0 Å². The van der Waals surface area contributed by atoms with Gasteiger partial charge in [-0.05, 0) is 32.1 Å². The second kappa shape index (κ2) is 4.19. The summed E-state index contributed by atoms with van der Waals surface area (Å²) in [4.78, 5) is 0. The van der Waals surface area contributed by atoms with Crippen molar-refractivity contribution in [3.63, 3.8) is 0 Å². The minimum absolute atomic E-state index is 0.219. The van der Waals surface area contributed by atoms with Crippen LogP contribution in [0.2, 0.25) is 0 Å². The first-order valence-corrected chi connectivity index (χ1v) is 5.64. The Kier molecular flexibility index (Phi) is 3.59. The molecule has 0 bridgehead atoms. The van der Waals surface area contributed by atoms with Gasteiger partial charge >= 0.3 is 0 Å². The lowest BCUT2D eigenvalue weighted by atomic mass is 9.81. The molecule has 1 rings (SSSR count). The second-order valence-electron chi connectivity index (χ2n) is 6.33. The van der Waals surface area contributed by atoms with Gasteiger partial charge in [0, 0.05) is 18.2 Å². The minimum atomic E-state index is 0.219. The van der Waals surface area contributed by atoms with Crippen molar-refractivity contribution in [1.82, 2.24) is 5.32 Å². The largest absolute Gasteiger partial charge is 0.380 e. The molecule has 0 radical (unpaired) electrons. The monoisotopic (exact) mass is 199 g/mol. The maximum atomic E-state index is 5.37. The van der Waals surface area contributed by atoms with E-state index in [1.165, 1.54) is 6.42 Å². The summed E-state index contributed by atoms with van der Waals surface area (Å²) in [5, 5.41) is 3.69. The summed E-state index contributed by atoms with van der Waals surface area (Å²) in [5.74, 6) is 0. The maximum Gasteiger partial charge on any atom is 0.0620 e. The zero-order chi connectivity index (χ0) is 10.8. The Morgan fingerprint density at radius 2 is 1.86 bits per heavy atom. The highest BCUT2D eigenvalue weighted by atomic mass is 16.5. The first-order chi connectivity index (χ1) is 6.29. The molecule has 14 heavy (non-hydrogen) atoms. The van der Waals surface area contributed by atoms with Crippen LogP contribution >= 0.6 is 0 Å². The molecule has 1 fully saturated rings. The molecule has 0 aromatic carbocycles. The van der Waals surface area contributed by atoms with Crippen LogP contribution in [0.5, 0.6) is 0 Å². The van der Waals surface area contributed by atoms with E-state index in [0.717, 1.165) is 19.6 Å². The van der Waals surface area contributed by atoms with E-state index in [1.807, 2.05) is 0 Å². The van der Waals surface area contributed by atoms with Gasteiger partial charge in [-0.1, -0.05) is 20.8 Å². The average molecular weight is 199 g/mol. The van der Waals surface area contributed by atoms with Crippen LogP contribution in [0, 0.1) is 5.41 Å². The van der Waals surface area contributed by atoms with E-state index < -0.39 is 0 Å². The summed E-state index contributed by atoms with van der Waals surface area (Å²) >= 11 is 0. The van der Waals surface area contributed by atoms with Gasteiger partial charge in [-0.15, -0.1) is 0 Å². The van der Waals surface area contributed by atoms with E-state index in [4.69, 9.17) is 4.74 Å². The molecule has 0 amide bonds. The van der Waals surface area contributed by atoms with E-state index in [0.29, 0.717) is 11.5 Å². The number of hydrogen-bond donors (Lipinski definition) is 1. The van der Waals surface area contributed by atoms with E-state index in [9.17, 15) is 0 Å². The standard InChI is InChI=1S/C12H25NO/c1-11(2,3)9-12(4,5)13-10-6-7-14-8-10/h10,13H,6-9H2,1-5H3. The van der Waals surface area contributed by atoms with Gasteiger partial charge in [-0.3, -0.25) is 0 Å². The second-order valence-corrected chi connectivity index (χ2v) is 6.33. The molecule has 0 aromatic heterocycles. The van der Waals surface area contributed by atoms with Crippen LogP contribution in [0.4, 0.5) is 0 Å². The van der Waals surface area contributed by atoms with Crippen molar-refractivity contribution in [2.45, 2.75) is 59.0 Å². The van der Waals surface area contributed by atoms with Crippen molar-refractivity contribution in [2.24, 2.45) is 5.41 Å². The first-order valence-electron chi connectivity index (χ1n) is 5.64. The highest BCUT2D eigenvalue weighted by Gasteiger charge is 2.28. The summed E-state index contributed by atoms with van der Waals surface area (Å²) in [5.41, 5.74) is 0.604. The molecule has 0 saturated carbocycles. The third-order valence-electron chi connectivity index (χ3n) is 2.50. The summed E-state index contributed by atoms with van der Waals surface area (Å²) in [7, 11) is 0. The fourth-order valence-corrected chi connectivity index (χ4v) is 2.58. The SMILES string of the molecule is CC(C)(C)CC(C)(C)NC1CCOC1. The molecule has 1 aliphatic rings. The van der Waals surface area contributed by atoms with E-state index >= 15 is 0 Å². The Morgan fingerprint density at radius 1 is 1.21 bits per heavy atom. The normalized spacial score (nSPS) is 24.2. The van der Waals surface area contributed by atoms with Crippen molar-refractivity contribution in [3.8, 4) is 0 Å². The van der Waals surface area contributed by atoms with Gasteiger partial charge in [0.25, 0.3) is 0 Å². The average Bonchev–Trinajstić information content (AvgIpc) is 2.31. The quantitative estimate of drug-likeness (QED) is 0.754. The lowest BCUT2D eigenvalue weighted by molar-refractivity contribution is 0.173.